The van der Waals surface area contributed by atoms with Crippen molar-refractivity contribution in [1.29, 1.82) is 0 Å². The highest BCUT2D eigenvalue weighted by Gasteiger charge is 2.41. The molecular weight excluding hydrogens is 232 g/mol. The maximum Gasteiger partial charge on any atom is 0.396 e. The second kappa shape index (κ2) is 4.57. The van der Waals surface area contributed by atoms with Gasteiger partial charge in [-0.05, 0) is 9.62 Å². The van der Waals surface area contributed by atoms with Crippen LogP contribution in [-0.4, -0.2) is 10.2 Å². The lowest BCUT2D eigenvalue weighted by molar-refractivity contribution is -0.361. The van der Waals surface area contributed by atoms with Crippen LogP contribution in [0.1, 0.15) is 11.8 Å². The molecule has 0 bridgehead atoms. The van der Waals surface area contributed by atoms with Gasteiger partial charge in [-0.15, -0.1) is 14.5 Å². The summed E-state index contributed by atoms with van der Waals surface area (Å²) in [6.45, 7) is -1.17. The second-order valence-electron chi connectivity index (χ2n) is 1.87. The summed E-state index contributed by atoms with van der Waals surface area (Å²) >= 11 is -0.694. The lowest BCUT2D eigenvalue weighted by Crippen LogP contribution is -2.08. The van der Waals surface area contributed by atoms with Crippen molar-refractivity contribution in [1.82, 2.24) is 10.2 Å². The molecule has 1 rings (SSSR count). The average Bonchev–Trinajstić information content (AvgIpc) is 2.63. The first-order valence-electron chi connectivity index (χ1n) is 3.00. The minimum absolute atomic E-state index is 0.610. The summed E-state index contributed by atoms with van der Waals surface area (Å²) in [5.41, 5.74) is 0. The number of nitrogens with zero attached hydrogens (tertiary/aromatic N) is 2. The Morgan fingerprint density at radius 3 is 2.64 bits per heavy atom. The molecule has 0 fully saturated rings. The van der Waals surface area contributed by atoms with Crippen LogP contribution in [0.25, 0.3) is 0 Å². The van der Waals surface area contributed by atoms with Crippen molar-refractivity contribution in [2.75, 3.05) is 0 Å². The number of hydrogen-bond acceptors (Lipinski definition) is 6. The third kappa shape index (κ3) is 2.56. The van der Waals surface area contributed by atoms with Gasteiger partial charge in [-0.1, -0.05) is 0 Å². The van der Waals surface area contributed by atoms with E-state index in [9.17, 15) is 17.7 Å². The molecule has 1 aromatic rings. The molecule has 0 N–H and O–H groups in total. The highest BCUT2D eigenvalue weighted by molar-refractivity contribution is 7.95. The zero-order valence-electron chi connectivity index (χ0n) is 6.25. The van der Waals surface area contributed by atoms with E-state index < -0.39 is 35.8 Å². The van der Waals surface area contributed by atoms with E-state index in [1.165, 1.54) is 0 Å². The maximum atomic E-state index is 12.8. The summed E-state index contributed by atoms with van der Waals surface area (Å²) < 4.78 is 55.7. The minimum Gasteiger partial charge on any atom is -0.416 e. The van der Waals surface area contributed by atoms with E-state index in [0.717, 1.165) is 0 Å². The molecule has 0 radical (unpaired) electrons. The highest BCUT2D eigenvalue weighted by atomic mass is 32.2. The van der Waals surface area contributed by atoms with E-state index >= 15 is 0 Å². The van der Waals surface area contributed by atoms with Crippen LogP contribution in [0.4, 0.5) is 17.7 Å². The molecule has 0 aromatic carbocycles. The first-order valence-corrected chi connectivity index (χ1v) is 3.74. The SMILES string of the molecule is FCc1nnc(C(F)(F)SOOF)o1. The van der Waals surface area contributed by atoms with Gasteiger partial charge >= 0.3 is 5.25 Å². The van der Waals surface area contributed by atoms with Crippen LogP contribution in [-0.2, 0) is 21.4 Å². The first-order chi connectivity index (χ1) is 6.60. The lowest BCUT2D eigenvalue weighted by Gasteiger charge is -2.06. The van der Waals surface area contributed by atoms with Gasteiger partial charge in [-0.25, -0.2) is 4.39 Å². The van der Waals surface area contributed by atoms with Gasteiger partial charge in [0, 0.05) is 0 Å². The fourth-order valence-corrected chi connectivity index (χ4v) is 0.781. The molecule has 0 saturated heterocycles. The van der Waals surface area contributed by atoms with Crippen LogP contribution in [0, 0.1) is 0 Å². The van der Waals surface area contributed by atoms with Gasteiger partial charge in [0.1, 0.15) is 12.0 Å². The monoisotopic (exact) mass is 234 g/mol. The summed E-state index contributed by atoms with van der Waals surface area (Å²) in [5.74, 6) is -1.81. The molecule has 0 spiro atoms. The van der Waals surface area contributed by atoms with Gasteiger partial charge in [0.2, 0.25) is 5.89 Å². The summed E-state index contributed by atoms with van der Waals surface area (Å²) in [6, 6.07) is 0. The number of rotatable bonds is 5. The largest absolute Gasteiger partial charge is 0.416 e. The van der Waals surface area contributed by atoms with Crippen molar-refractivity contribution in [3.05, 3.63) is 11.8 Å². The summed E-state index contributed by atoms with van der Waals surface area (Å²) in [7, 11) is 0. The van der Waals surface area contributed by atoms with Crippen molar-refractivity contribution in [2.24, 2.45) is 0 Å². The average molecular weight is 234 g/mol. The molecule has 0 aliphatic carbocycles. The molecule has 5 nitrogen and oxygen atoms in total. The molecule has 0 aliphatic rings. The quantitative estimate of drug-likeness (QED) is 0.336. The summed E-state index contributed by atoms with van der Waals surface area (Å²) in [6.07, 6.45) is 0. The Balaban J connectivity index is 2.70. The van der Waals surface area contributed by atoms with Gasteiger partial charge < -0.3 is 4.42 Å². The van der Waals surface area contributed by atoms with E-state index in [0.29, 0.717) is 0 Å². The Morgan fingerprint density at radius 2 is 2.14 bits per heavy atom. The molecule has 1 aromatic heterocycles. The molecule has 0 saturated carbocycles. The van der Waals surface area contributed by atoms with Crippen LogP contribution in [0.3, 0.4) is 0 Å². The minimum atomic E-state index is -3.81. The summed E-state index contributed by atoms with van der Waals surface area (Å²) in [4.78, 5) is 0. The molecule has 1 heterocycles. The van der Waals surface area contributed by atoms with E-state index in [2.05, 4.69) is 24.0 Å². The van der Waals surface area contributed by atoms with Crippen molar-refractivity contribution in [2.45, 2.75) is 11.9 Å². The Hall–Kier alpha value is -0.870. The lowest BCUT2D eigenvalue weighted by atomic mass is 10.7. The topological polar surface area (TPSA) is 57.4 Å². The van der Waals surface area contributed by atoms with Crippen LogP contribution in [0.5, 0.6) is 0 Å². The van der Waals surface area contributed by atoms with Crippen molar-refractivity contribution in [3.63, 3.8) is 0 Å². The van der Waals surface area contributed by atoms with Crippen molar-refractivity contribution in [3.8, 4) is 0 Å². The Bertz CT molecular complexity index is 296. The van der Waals surface area contributed by atoms with E-state index in [4.69, 9.17) is 0 Å². The number of hydrogen-bond donors (Lipinski definition) is 0. The van der Waals surface area contributed by atoms with Crippen molar-refractivity contribution < 1.29 is 31.5 Å². The van der Waals surface area contributed by atoms with Gasteiger partial charge in [0.05, 0.1) is 0 Å². The molecule has 14 heavy (non-hydrogen) atoms. The molecule has 0 atom stereocenters. The van der Waals surface area contributed by atoms with Crippen LogP contribution < -0.4 is 0 Å². The van der Waals surface area contributed by atoms with E-state index in [-0.39, 0.29) is 0 Å². The fraction of sp³-hybridized carbons (Fsp3) is 0.500. The zero-order valence-corrected chi connectivity index (χ0v) is 7.06. The molecule has 0 aliphatic heterocycles. The molecule has 10 heteroatoms. The molecule has 0 amide bonds. The normalized spacial score (nSPS) is 12.0. The van der Waals surface area contributed by atoms with Crippen LogP contribution in [0.15, 0.2) is 4.42 Å². The number of halogens is 4. The van der Waals surface area contributed by atoms with E-state index in [1.807, 2.05) is 0 Å². The summed E-state index contributed by atoms with van der Waals surface area (Å²) in [5, 5.41) is 4.40. The third-order valence-corrected chi connectivity index (χ3v) is 1.50. The molecule has 0 unspecified atom stereocenters. The first kappa shape index (κ1) is 11.2. The van der Waals surface area contributed by atoms with Crippen molar-refractivity contribution >= 4 is 12.0 Å². The molecule has 80 valence electrons. The highest BCUT2D eigenvalue weighted by Crippen LogP contribution is 2.39. The molecular formula is C4H2F4N2O3S. The smallest absolute Gasteiger partial charge is 0.396 e. The Labute approximate surface area is 78.4 Å². The van der Waals surface area contributed by atoms with Gasteiger partial charge in [-0.3, -0.25) is 0 Å². The van der Waals surface area contributed by atoms with Gasteiger partial charge in [0.15, 0.2) is 6.67 Å². The predicted molar refractivity (Wildman–Crippen MR) is 33.9 cm³/mol. The van der Waals surface area contributed by atoms with Gasteiger partial charge in [-0.2, -0.15) is 8.78 Å². The van der Waals surface area contributed by atoms with E-state index in [1.54, 1.807) is 0 Å². The van der Waals surface area contributed by atoms with Crippen LogP contribution in [0.2, 0.25) is 0 Å². The van der Waals surface area contributed by atoms with Gasteiger partial charge in [0.25, 0.3) is 5.89 Å². The predicted octanol–water partition coefficient (Wildman–Crippen LogP) is 2.07. The fourth-order valence-electron chi connectivity index (χ4n) is 0.516. The third-order valence-electron chi connectivity index (χ3n) is 0.995. The Kier molecular flexibility index (Phi) is 3.66. The zero-order chi connectivity index (χ0) is 10.6. The Morgan fingerprint density at radius 1 is 1.43 bits per heavy atom. The maximum absolute atomic E-state index is 12.8. The standard InChI is InChI=1S/C4H2F4N2O3S/c5-1-2-9-10-3(11-2)4(6,7)14-13-12-8/h1H2. The second-order valence-corrected chi connectivity index (χ2v) is 2.68. The number of alkyl halides is 3. The number of aromatic nitrogens is 2. The van der Waals surface area contributed by atoms with Crippen LogP contribution >= 0.6 is 12.0 Å².